The Morgan fingerprint density at radius 1 is 1.14 bits per heavy atom. The average Bonchev–Trinajstić information content (AvgIpc) is 2.30. The lowest BCUT2D eigenvalue weighted by Gasteiger charge is -2.26. The van der Waals surface area contributed by atoms with Crippen molar-refractivity contribution in [2.75, 3.05) is 0 Å². The average molecular weight is 198 g/mol. The maximum absolute atomic E-state index is 10.3. The predicted molar refractivity (Wildman–Crippen MR) is 61.3 cm³/mol. The Hall–Kier alpha value is -0.0400. The third-order valence-corrected chi connectivity index (χ3v) is 3.68. The lowest BCUT2D eigenvalue weighted by atomic mass is 9.89. The fourth-order valence-corrected chi connectivity index (χ4v) is 2.87. The van der Waals surface area contributed by atoms with Crippen molar-refractivity contribution in [2.45, 2.75) is 77.2 Å². The molecule has 1 fully saturated rings. The topological polar surface area (TPSA) is 20.2 Å². The third kappa shape index (κ3) is 3.61. The first-order valence-electron chi connectivity index (χ1n) is 6.42. The van der Waals surface area contributed by atoms with Crippen LogP contribution in [0.4, 0.5) is 0 Å². The monoisotopic (exact) mass is 198 g/mol. The Bertz CT molecular complexity index is 155. The molecule has 0 aliphatic heterocycles. The van der Waals surface area contributed by atoms with Crippen molar-refractivity contribution in [1.29, 1.82) is 0 Å². The van der Waals surface area contributed by atoms with E-state index in [-0.39, 0.29) is 5.60 Å². The fourth-order valence-electron chi connectivity index (χ4n) is 2.87. The van der Waals surface area contributed by atoms with E-state index in [0.717, 1.165) is 31.6 Å². The lowest BCUT2D eigenvalue weighted by Crippen LogP contribution is -2.27. The molecule has 0 bridgehead atoms. The first kappa shape index (κ1) is 12.0. The van der Waals surface area contributed by atoms with Gasteiger partial charge in [-0.05, 0) is 31.6 Å². The van der Waals surface area contributed by atoms with Crippen LogP contribution in [0.5, 0.6) is 0 Å². The minimum atomic E-state index is -0.308. The molecule has 2 unspecified atom stereocenters. The quantitative estimate of drug-likeness (QED) is 0.679. The number of hydrogen-bond acceptors (Lipinski definition) is 1. The normalized spacial score (nSPS) is 34.1. The Balaban J connectivity index is 2.39. The van der Waals surface area contributed by atoms with Crippen LogP contribution in [0.1, 0.15) is 71.6 Å². The largest absolute Gasteiger partial charge is 0.390 e. The van der Waals surface area contributed by atoms with Gasteiger partial charge in [0, 0.05) is 0 Å². The van der Waals surface area contributed by atoms with Crippen LogP contribution >= 0.6 is 0 Å². The SMILES string of the molecule is CCCC1CCCC(O)(CCC)CC1. The first-order chi connectivity index (χ1) is 6.70. The van der Waals surface area contributed by atoms with Gasteiger partial charge >= 0.3 is 0 Å². The third-order valence-electron chi connectivity index (χ3n) is 3.68. The molecule has 1 heteroatoms. The number of rotatable bonds is 4. The molecular weight excluding hydrogens is 172 g/mol. The van der Waals surface area contributed by atoms with E-state index < -0.39 is 0 Å². The van der Waals surface area contributed by atoms with Gasteiger partial charge in [0.05, 0.1) is 5.60 Å². The van der Waals surface area contributed by atoms with Crippen molar-refractivity contribution >= 4 is 0 Å². The summed E-state index contributed by atoms with van der Waals surface area (Å²) >= 11 is 0. The highest BCUT2D eigenvalue weighted by molar-refractivity contribution is 4.82. The van der Waals surface area contributed by atoms with Gasteiger partial charge < -0.3 is 5.11 Å². The van der Waals surface area contributed by atoms with Gasteiger partial charge in [0.15, 0.2) is 0 Å². The molecule has 1 rings (SSSR count). The highest BCUT2D eigenvalue weighted by atomic mass is 16.3. The zero-order valence-electron chi connectivity index (χ0n) is 9.89. The molecule has 0 aromatic carbocycles. The van der Waals surface area contributed by atoms with E-state index in [4.69, 9.17) is 0 Å². The fraction of sp³-hybridized carbons (Fsp3) is 1.00. The second-order valence-corrected chi connectivity index (χ2v) is 5.06. The summed E-state index contributed by atoms with van der Waals surface area (Å²) in [6, 6.07) is 0. The van der Waals surface area contributed by atoms with Crippen LogP contribution in [0.3, 0.4) is 0 Å². The van der Waals surface area contributed by atoms with Crippen LogP contribution < -0.4 is 0 Å². The number of aliphatic hydroxyl groups is 1. The molecule has 0 amide bonds. The van der Waals surface area contributed by atoms with Gasteiger partial charge in [0.2, 0.25) is 0 Å². The Kier molecular flexibility index (Phi) is 4.94. The van der Waals surface area contributed by atoms with Gasteiger partial charge in [0.25, 0.3) is 0 Å². The van der Waals surface area contributed by atoms with E-state index in [9.17, 15) is 5.11 Å². The molecule has 1 aliphatic rings. The molecule has 0 heterocycles. The molecule has 2 atom stereocenters. The lowest BCUT2D eigenvalue weighted by molar-refractivity contribution is 0.0147. The Labute approximate surface area is 88.9 Å². The van der Waals surface area contributed by atoms with E-state index in [0.29, 0.717) is 0 Å². The first-order valence-corrected chi connectivity index (χ1v) is 6.42. The molecule has 0 saturated heterocycles. The van der Waals surface area contributed by atoms with Crippen molar-refractivity contribution in [1.82, 2.24) is 0 Å². The van der Waals surface area contributed by atoms with Crippen LogP contribution in [0.15, 0.2) is 0 Å². The van der Waals surface area contributed by atoms with Crippen LogP contribution in [0.2, 0.25) is 0 Å². The molecule has 14 heavy (non-hydrogen) atoms. The molecule has 1 N–H and O–H groups in total. The van der Waals surface area contributed by atoms with E-state index >= 15 is 0 Å². The molecule has 1 aliphatic carbocycles. The van der Waals surface area contributed by atoms with Gasteiger partial charge in [0.1, 0.15) is 0 Å². The highest BCUT2D eigenvalue weighted by Crippen LogP contribution is 2.34. The molecule has 0 aromatic heterocycles. The summed E-state index contributed by atoms with van der Waals surface area (Å²) < 4.78 is 0. The zero-order chi connectivity index (χ0) is 10.4. The van der Waals surface area contributed by atoms with E-state index in [1.165, 1.54) is 32.1 Å². The molecule has 84 valence electrons. The number of hydrogen-bond donors (Lipinski definition) is 1. The summed E-state index contributed by atoms with van der Waals surface area (Å²) in [4.78, 5) is 0. The molecule has 0 radical (unpaired) electrons. The second-order valence-electron chi connectivity index (χ2n) is 5.06. The van der Waals surface area contributed by atoms with Crippen molar-refractivity contribution in [3.8, 4) is 0 Å². The predicted octanol–water partition coefficient (Wildman–Crippen LogP) is 3.90. The van der Waals surface area contributed by atoms with E-state index in [2.05, 4.69) is 13.8 Å². The summed E-state index contributed by atoms with van der Waals surface area (Å²) in [6.07, 6.45) is 10.7. The Morgan fingerprint density at radius 2 is 1.93 bits per heavy atom. The van der Waals surface area contributed by atoms with Gasteiger partial charge in [-0.15, -0.1) is 0 Å². The standard InChI is InChI=1S/C13H26O/c1-3-6-12-7-5-10-13(14,9-4-2)11-8-12/h12,14H,3-11H2,1-2H3. The van der Waals surface area contributed by atoms with E-state index in [1.54, 1.807) is 0 Å². The maximum Gasteiger partial charge on any atom is 0.0647 e. The van der Waals surface area contributed by atoms with Crippen molar-refractivity contribution in [3.63, 3.8) is 0 Å². The zero-order valence-corrected chi connectivity index (χ0v) is 9.89. The summed E-state index contributed by atoms with van der Waals surface area (Å²) in [5.74, 6) is 0.894. The summed E-state index contributed by atoms with van der Waals surface area (Å²) in [5.41, 5.74) is -0.308. The van der Waals surface area contributed by atoms with Gasteiger partial charge in [-0.3, -0.25) is 0 Å². The van der Waals surface area contributed by atoms with Gasteiger partial charge in [-0.2, -0.15) is 0 Å². The highest BCUT2D eigenvalue weighted by Gasteiger charge is 2.29. The molecule has 0 spiro atoms. The van der Waals surface area contributed by atoms with E-state index in [1.807, 2.05) is 0 Å². The van der Waals surface area contributed by atoms with Crippen LogP contribution in [-0.2, 0) is 0 Å². The summed E-state index contributed by atoms with van der Waals surface area (Å²) in [6.45, 7) is 4.44. The van der Waals surface area contributed by atoms with Crippen LogP contribution in [-0.4, -0.2) is 10.7 Å². The van der Waals surface area contributed by atoms with Gasteiger partial charge in [-0.25, -0.2) is 0 Å². The summed E-state index contributed by atoms with van der Waals surface area (Å²) in [7, 11) is 0. The summed E-state index contributed by atoms with van der Waals surface area (Å²) in [5, 5.41) is 10.3. The molecule has 1 saturated carbocycles. The smallest absolute Gasteiger partial charge is 0.0647 e. The van der Waals surface area contributed by atoms with Crippen molar-refractivity contribution in [3.05, 3.63) is 0 Å². The minimum absolute atomic E-state index is 0.308. The molecular formula is C13H26O. The van der Waals surface area contributed by atoms with Crippen LogP contribution in [0.25, 0.3) is 0 Å². The van der Waals surface area contributed by atoms with Crippen molar-refractivity contribution in [2.24, 2.45) is 5.92 Å². The Morgan fingerprint density at radius 3 is 2.57 bits per heavy atom. The van der Waals surface area contributed by atoms with Crippen LogP contribution in [0, 0.1) is 5.92 Å². The second kappa shape index (κ2) is 5.75. The molecule has 0 aromatic rings. The van der Waals surface area contributed by atoms with Crippen molar-refractivity contribution < 1.29 is 5.11 Å². The maximum atomic E-state index is 10.3. The van der Waals surface area contributed by atoms with Gasteiger partial charge in [-0.1, -0.05) is 46.0 Å². The minimum Gasteiger partial charge on any atom is -0.390 e. The molecule has 1 nitrogen and oxygen atoms in total.